The molecule has 0 unspecified atom stereocenters. The van der Waals surface area contributed by atoms with E-state index in [0.717, 1.165) is 6.54 Å². The van der Waals surface area contributed by atoms with E-state index in [9.17, 15) is 9.18 Å². The third-order valence-corrected chi connectivity index (χ3v) is 2.94. The van der Waals surface area contributed by atoms with Crippen LogP contribution < -0.4 is 5.73 Å². The topological polar surface area (TPSA) is 49.6 Å². The highest BCUT2D eigenvalue weighted by molar-refractivity contribution is 5.94. The molecular formula is C15H24FN3O. The Morgan fingerprint density at radius 1 is 1.30 bits per heavy atom. The summed E-state index contributed by atoms with van der Waals surface area (Å²) in [4.78, 5) is 16.2. The maximum Gasteiger partial charge on any atom is 0.254 e. The second-order valence-corrected chi connectivity index (χ2v) is 5.68. The Labute approximate surface area is 120 Å². The minimum absolute atomic E-state index is 0.0604. The maximum absolute atomic E-state index is 13.5. The van der Waals surface area contributed by atoms with Crippen molar-refractivity contribution in [2.75, 3.05) is 39.5 Å². The minimum Gasteiger partial charge on any atom is -0.396 e. The van der Waals surface area contributed by atoms with E-state index < -0.39 is 5.82 Å². The van der Waals surface area contributed by atoms with Crippen molar-refractivity contribution >= 4 is 11.6 Å². The Morgan fingerprint density at radius 2 is 1.95 bits per heavy atom. The van der Waals surface area contributed by atoms with E-state index in [2.05, 4.69) is 13.8 Å². The lowest BCUT2D eigenvalue weighted by Gasteiger charge is -2.26. The number of likely N-dealkylation sites (N-methyl/N-ethyl adjacent to an activating group) is 1. The zero-order chi connectivity index (χ0) is 15.3. The Morgan fingerprint density at radius 3 is 2.45 bits per heavy atom. The van der Waals surface area contributed by atoms with Gasteiger partial charge in [0.1, 0.15) is 5.82 Å². The van der Waals surface area contributed by atoms with Crippen LogP contribution in [0.3, 0.4) is 0 Å². The van der Waals surface area contributed by atoms with Crippen LogP contribution in [0, 0.1) is 11.7 Å². The molecule has 0 fully saturated rings. The van der Waals surface area contributed by atoms with Crippen molar-refractivity contribution in [3.05, 3.63) is 29.6 Å². The lowest BCUT2D eigenvalue weighted by molar-refractivity contribution is 0.0724. The molecule has 112 valence electrons. The van der Waals surface area contributed by atoms with Crippen LogP contribution in [0.5, 0.6) is 0 Å². The monoisotopic (exact) mass is 281 g/mol. The molecule has 1 aromatic rings. The van der Waals surface area contributed by atoms with Crippen LogP contribution in [-0.4, -0.2) is 49.4 Å². The van der Waals surface area contributed by atoms with Gasteiger partial charge < -0.3 is 15.5 Å². The van der Waals surface area contributed by atoms with E-state index in [1.807, 2.05) is 19.0 Å². The van der Waals surface area contributed by atoms with Crippen LogP contribution in [0.1, 0.15) is 24.2 Å². The molecule has 0 saturated heterocycles. The zero-order valence-corrected chi connectivity index (χ0v) is 12.7. The number of nitrogens with two attached hydrogens (primary N) is 1. The van der Waals surface area contributed by atoms with E-state index >= 15 is 0 Å². The lowest BCUT2D eigenvalue weighted by atomic mass is 10.1. The van der Waals surface area contributed by atoms with Gasteiger partial charge in [-0.25, -0.2) is 4.39 Å². The molecule has 0 spiro atoms. The number of benzene rings is 1. The fourth-order valence-electron chi connectivity index (χ4n) is 1.88. The number of nitrogens with zero attached hydrogens (tertiary/aromatic N) is 2. The molecular weight excluding hydrogens is 257 g/mol. The molecule has 0 bridgehead atoms. The third kappa shape index (κ3) is 4.81. The molecule has 0 radical (unpaired) electrons. The molecule has 0 aliphatic heterocycles. The SMILES string of the molecule is CC(C)CN(CCN(C)C)C(=O)c1ccc(N)c(F)c1. The normalized spacial score (nSPS) is 11.2. The van der Waals surface area contributed by atoms with Gasteiger partial charge >= 0.3 is 0 Å². The molecule has 1 rings (SSSR count). The lowest BCUT2D eigenvalue weighted by Crippen LogP contribution is -2.39. The Kier molecular flexibility index (Phi) is 5.95. The van der Waals surface area contributed by atoms with Crippen LogP contribution in [-0.2, 0) is 0 Å². The first-order chi connectivity index (χ1) is 9.31. The van der Waals surface area contributed by atoms with Gasteiger partial charge in [-0.15, -0.1) is 0 Å². The number of carbonyl (C=O) groups is 1. The average molecular weight is 281 g/mol. The van der Waals surface area contributed by atoms with Gasteiger partial charge in [-0.1, -0.05) is 13.8 Å². The van der Waals surface area contributed by atoms with E-state index in [-0.39, 0.29) is 11.6 Å². The largest absolute Gasteiger partial charge is 0.396 e. The number of rotatable bonds is 6. The molecule has 1 aromatic carbocycles. The molecule has 1 amide bonds. The highest BCUT2D eigenvalue weighted by Gasteiger charge is 2.18. The molecule has 20 heavy (non-hydrogen) atoms. The Hall–Kier alpha value is -1.62. The van der Waals surface area contributed by atoms with Gasteiger partial charge in [0.15, 0.2) is 0 Å². The summed E-state index contributed by atoms with van der Waals surface area (Å²) in [6.07, 6.45) is 0. The van der Waals surface area contributed by atoms with Gasteiger partial charge in [-0.3, -0.25) is 4.79 Å². The van der Waals surface area contributed by atoms with Gasteiger partial charge in [0, 0.05) is 25.2 Å². The van der Waals surface area contributed by atoms with Crippen molar-refractivity contribution in [2.45, 2.75) is 13.8 Å². The molecule has 0 saturated carbocycles. The van der Waals surface area contributed by atoms with E-state index in [1.54, 1.807) is 11.0 Å². The average Bonchev–Trinajstić information content (AvgIpc) is 2.36. The van der Waals surface area contributed by atoms with Gasteiger partial charge in [0.2, 0.25) is 0 Å². The summed E-state index contributed by atoms with van der Waals surface area (Å²) in [6.45, 7) is 6.16. The molecule has 5 heteroatoms. The van der Waals surface area contributed by atoms with Crippen molar-refractivity contribution in [2.24, 2.45) is 5.92 Å². The third-order valence-electron chi connectivity index (χ3n) is 2.94. The van der Waals surface area contributed by atoms with Crippen molar-refractivity contribution in [3.8, 4) is 0 Å². The van der Waals surface area contributed by atoms with E-state index in [0.29, 0.717) is 24.6 Å². The molecule has 0 atom stereocenters. The van der Waals surface area contributed by atoms with Gasteiger partial charge in [-0.05, 0) is 38.2 Å². The Bertz CT molecular complexity index is 460. The Balaban J connectivity index is 2.87. The van der Waals surface area contributed by atoms with E-state index in [1.165, 1.54) is 12.1 Å². The number of amides is 1. The predicted octanol–water partition coefficient (Wildman–Crippen LogP) is 2.07. The standard InChI is InChI=1S/C15H24FN3O/c1-11(2)10-19(8-7-18(3)4)15(20)12-5-6-14(17)13(16)9-12/h5-6,9,11H,7-8,10,17H2,1-4H3. The zero-order valence-electron chi connectivity index (χ0n) is 12.7. The fraction of sp³-hybridized carbons (Fsp3) is 0.533. The number of anilines is 1. The number of hydrogen-bond acceptors (Lipinski definition) is 3. The minimum atomic E-state index is -0.548. The van der Waals surface area contributed by atoms with Crippen molar-refractivity contribution in [1.82, 2.24) is 9.80 Å². The van der Waals surface area contributed by atoms with Gasteiger partial charge in [0.25, 0.3) is 5.91 Å². The summed E-state index contributed by atoms with van der Waals surface area (Å²) in [6, 6.07) is 4.21. The maximum atomic E-state index is 13.5. The van der Waals surface area contributed by atoms with Crippen molar-refractivity contribution in [1.29, 1.82) is 0 Å². The summed E-state index contributed by atoms with van der Waals surface area (Å²) in [7, 11) is 3.92. The highest BCUT2D eigenvalue weighted by atomic mass is 19.1. The summed E-state index contributed by atoms with van der Waals surface area (Å²) in [5.41, 5.74) is 5.84. The summed E-state index contributed by atoms with van der Waals surface area (Å²) in [5.74, 6) is -0.341. The van der Waals surface area contributed by atoms with Crippen molar-refractivity contribution in [3.63, 3.8) is 0 Å². The van der Waals surface area contributed by atoms with Crippen LogP contribution in [0.25, 0.3) is 0 Å². The first kappa shape index (κ1) is 16.4. The highest BCUT2D eigenvalue weighted by Crippen LogP contribution is 2.14. The smallest absolute Gasteiger partial charge is 0.254 e. The second kappa shape index (κ2) is 7.24. The first-order valence-corrected chi connectivity index (χ1v) is 6.80. The molecule has 0 aliphatic carbocycles. The van der Waals surface area contributed by atoms with Crippen LogP contribution in [0.15, 0.2) is 18.2 Å². The molecule has 0 aliphatic rings. The summed E-state index contributed by atoms with van der Waals surface area (Å²) < 4.78 is 13.5. The second-order valence-electron chi connectivity index (χ2n) is 5.68. The number of nitrogen functional groups attached to an aromatic ring is 1. The predicted molar refractivity (Wildman–Crippen MR) is 80.1 cm³/mol. The van der Waals surface area contributed by atoms with Crippen molar-refractivity contribution < 1.29 is 9.18 Å². The number of hydrogen-bond donors (Lipinski definition) is 1. The fourth-order valence-corrected chi connectivity index (χ4v) is 1.88. The number of carbonyl (C=O) groups excluding carboxylic acids is 1. The van der Waals surface area contributed by atoms with Crippen LogP contribution in [0.2, 0.25) is 0 Å². The summed E-state index contributed by atoms with van der Waals surface area (Å²) >= 11 is 0. The molecule has 0 aromatic heterocycles. The summed E-state index contributed by atoms with van der Waals surface area (Å²) in [5, 5.41) is 0. The molecule has 4 nitrogen and oxygen atoms in total. The molecule has 0 heterocycles. The van der Waals surface area contributed by atoms with Crippen LogP contribution in [0.4, 0.5) is 10.1 Å². The van der Waals surface area contributed by atoms with Gasteiger partial charge in [0.05, 0.1) is 5.69 Å². The molecule has 2 N–H and O–H groups in total. The van der Waals surface area contributed by atoms with Crippen LogP contribution >= 0.6 is 0 Å². The van der Waals surface area contributed by atoms with Gasteiger partial charge in [-0.2, -0.15) is 0 Å². The first-order valence-electron chi connectivity index (χ1n) is 6.80. The number of halogens is 1. The quantitative estimate of drug-likeness (QED) is 0.812. The van der Waals surface area contributed by atoms with E-state index in [4.69, 9.17) is 5.73 Å².